The third kappa shape index (κ3) is 3.03. The van der Waals surface area contributed by atoms with E-state index in [9.17, 15) is 9.18 Å². The molecule has 1 aromatic carbocycles. The second-order valence-electron chi connectivity index (χ2n) is 4.16. The average molecular weight is 222 g/mol. The molecule has 1 saturated carbocycles. The Morgan fingerprint density at radius 3 is 2.94 bits per heavy atom. The van der Waals surface area contributed by atoms with Gasteiger partial charge < -0.3 is 10.6 Å². The van der Waals surface area contributed by atoms with E-state index < -0.39 is 0 Å². The van der Waals surface area contributed by atoms with Crippen molar-refractivity contribution in [2.75, 3.05) is 11.9 Å². The first kappa shape index (κ1) is 11.1. The first-order chi connectivity index (χ1) is 7.65. The molecule has 3 nitrogen and oxygen atoms in total. The van der Waals surface area contributed by atoms with Gasteiger partial charge in [0.2, 0.25) is 5.91 Å². The third-order valence-electron chi connectivity index (χ3n) is 2.60. The van der Waals surface area contributed by atoms with Crippen molar-refractivity contribution in [3.8, 4) is 0 Å². The summed E-state index contributed by atoms with van der Waals surface area (Å²) in [7, 11) is 0. The summed E-state index contributed by atoms with van der Waals surface area (Å²) >= 11 is 0. The van der Waals surface area contributed by atoms with Gasteiger partial charge >= 0.3 is 0 Å². The molecule has 2 N–H and O–H groups in total. The largest absolute Gasteiger partial charge is 0.325 e. The van der Waals surface area contributed by atoms with Gasteiger partial charge in [-0.2, -0.15) is 0 Å². The summed E-state index contributed by atoms with van der Waals surface area (Å²) in [6.07, 6.45) is 2.29. The predicted octanol–water partition coefficient (Wildman–Crippen LogP) is 1.82. The van der Waals surface area contributed by atoms with E-state index in [1.807, 2.05) is 6.92 Å². The van der Waals surface area contributed by atoms with Crippen LogP contribution in [0, 0.1) is 12.7 Å². The number of amides is 1. The monoisotopic (exact) mass is 222 g/mol. The van der Waals surface area contributed by atoms with Crippen LogP contribution in [0.1, 0.15) is 18.4 Å². The van der Waals surface area contributed by atoms with E-state index in [0.29, 0.717) is 18.3 Å². The Balaban J connectivity index is 1.91. The Morgan fingerprint density at radius 1 is 1.50 bits per heavy atom. The zero-order chi connectivity index (χ0) is 11.5. The van der Waals surface area contributed by atoms with E-state index in [1.54, 1.807) is 6.07 Å². The number of benzene rings is 1. The lowest BCUT2D eigenvalue weighted by atomic mass is 10.2. The predicted molar refractivity (Wildman–Crippen MR) is 60.8 cm³/mol. The maximum absolute atomic E-state index is 13.0. The number of halogens is 1. The van der Waals surface area contributed by atoms with Crippen molar-refractivity contribution in [2.45, 2.75) is 25.8 Å². The van der Waals surface area contributed by atoms with Crippen LogP contribution >= 0.6 is 0 Å². The van der Waals surface area contributed by atoms with Gasteiger partial charge in [0.25, 0.3) is 0 Å². The molecule has 1 aliphatic carbocycles. The highest BCUT2D eigenvalue weighted by Gasteiger charge is 2.21. The van der Waals surface area contributed by atoms with Crippen molar-refractivity contribution in [3.63, 3.8) is 0 Å². The molecule has 0 aromatic heterocycles. The number of aryl methyl sites for hydroxylation is 1. The van der Waals surface area contributed by atoms with Crippen molar-refractivity contribution >= 4 is 11.6 Å². The maximum atomic E-state index is 13.0. The van der Waals surface area contributed by atoms with E-state index in [2.05, 4.69) is 10.6 Å². The van der Waals surface area contributed by atoms with Gasteiger partial charge in [-0.1, -0.05) is 6.07 Å². The SMILES string of the molecule is Cc1ccc(F)cc1NC(=O)CNC1CC1. The van der Waals surface area contributed by atoms with E-state index in [4.69, 9.17) is 0 Å². The van der Waals surface area contributed by atoms with Crippen LogP contribution in [-0.4, -0.2) is 18.5 Å². The van der Waals surface area contributed by atoms with Gasteiger partial charge in [-0.05, 0) is 37.5 Å². The Hall–Kier alpha value is -1.42. The van der Waals surface area contributed by atoms with Crippen LogP contribution in [-0.2, 0) is 4.79 Å². The standard InChI is InChI=1S/C12H15FN2O/c1-8-2-3-9(13)6-11(8)15-12(16)7-14-10-4-5-10/h2-3,6,10,14H,4-5,7H2,1H3,(H,15,16). The fourth-order valence-electron chi connectivity index (χ4n) is 1.45. The minimum absolute atomic E-state index is 0.124. The minimum Gasteiger partial charge on any atom is -0.325 e. The Kier molecular flexibility index (Phi) is 3.19. The molecule has 0 atom stereocenters. The van der Waals surface area contributed by atoms with Gasteiger partial charge in [-0.15, -0.1) is 0 Å². The summed E-state index contributed by atoms with van der Waals surface area (Å²) in [5.74, 6) is -0.461. The summed E-state index contributed by atoms with van der Waals surface area (Å²) in [6.45, 7) is 2.13. The van der Waals surface area contributed by atoms with Crippen LogP contribution in [0.5, 0.6) is 0 Å². The number of hydrogen-bond donors (Lipinski definition) is 2. The van der Waals surface area contributed by atoms with Crippen molar-refractivity contribution in [3.05, 3.63) is 29.6 Å². The van der Waals surface area contributed by atoms with Crippen LogP contribution in [0.25, 0.3) is 0 Å². The second kappa shape index (κ2) is 4.61. The van der Waals surface area contributed by atoms with Gasteiger partial charge in [0.1, 0.15) is 5.82 Å². The minimum atomic E-state index is -0.337. The molecule has 2 rings (SSSR count). The molecule has 0 spiro atoms. The molecule has 1 aromatic rings. The molecule has 4 heteroatoms. The van der Waals surface area contributed by atoms with E-state index in [1.165, 1.54) is 12.1 Å². The van der Waals surface area contributed by atoms with Gasteiger partial charge in [-0.3, -0.25) is 4.79 Å². The number of carbonyl (C=O) groups is 1. The number of nitrogens with one attached hydrogen (secondary N) is 2. The lowest BCUT2D eigenvalue weighted by Crippen LogP contribution is -2.29. The summed E-state index contributed by atoms with van der Waals surface area (Å²) in [4.78, 5) is 11.5. The molecule has 0 radical (unpaired) electrons. The van der Waals surface area contributed by atoms with Crippen LogP contribution in [0.15, 0.2) is 18.2 Å². The summed E-state index contributed by atoms with van der Waals surface area (Å²) in [5.41, 5.74) is 1.41. The van der Waals surface area contributed by atoms with Gasteiger partial charge in [0.05, 0.1) is 6.54 Å². The maximum Gasteiger partial charge on any atom is 0.238 e. The first-order valence-corrected chi connectivity index (χ1v) is 5.44. The van der Waals surface area contributed by atoms with Crippen molar-refractivity contribution in [1.29, 1.82) is 0 Å². The molecule has 0 aliphatic heterocycles. The molecule has 0 saturated heterocycles. The number of hydrogen-bond acceptors (Lipinski definition) is 2. The Morgan fingerprint density at radius 2 is 2.25 bits per heavy atom. The highest BCUT2D eigenvalue weighted by molar-refractivity contribution is 5.92. The molecule has 0 bridgehead atoms. The molecule has 1 fully saturated rings. The normalized spacial score (nSPS) is 14.9. The first-order valence-electron chi connectivity index (χ1n) is 5.44. The second-order valence-corrected chi connectivity index (χ2v) is 4.16. The van der Waals surface area contributed by atoms with Crippen LogP contribution in [0.4, 0.5) is 10.1 Å². The number of carbonyl (C=O) groups excluding carboxylic acids is 1. The highest BCUT2D eigenvalue weighted by Crippen LogP contribution is 2.18. The van der Waals surface area contributed by atoms with Gasteiger partial charge in [0.15, 0.2) is 0 Å². The molecule has 0 heterocycles. The highest BCUT2D eigenvalue weighted by atomic mass is 19.1. The van der Waals surface area contributed by atoms with Crippen LogP contribution in [0.2, 0.25) is 0 Å². The van der Waals surface area contributed by atoms with Gasteiger partial charge in [0, 0.05) is 11.7 Å². The molecule has 1 aliphatic rings. The zero-order valence-corrected chi connectivity index (χ0v) is 9.22. The third-order valence-corrected chi connectivity index (χ3v) is 2.60. The molecular formula is C12H15FN2O. The van der Waals surface area contributed by atoms with Crippen molar-refractivity contribution in [2.24, 2.45) is 0 Å². The molecule has 0 unspecified atom stereocenters. The van der Waals surface area contributed by atoms with E-state index >= 15 is 0 Å². The fourth-order valence-corrected chi connectivity index (χ4v) is 1.45. The molecule has 16 heavy (non-hydrogen) atoms. The summed E-state index contributed by atoms with van der Waals surface area (Å²) < 4.78 is 13.0. The summed E-state index contributed by atoms with van der Waals surface area (Å²) in [6, 6.07) is 4.87. The van der Waals surface area contributed by atoms with Crippen molar-refractivity contribution in [1.82, 2.24) is 5.32 Å². The molecule has 86 valence electrons. The molecular weight excluding hydrogens is 207 g/mol. The lowest BCUT2D eigenvalue weighted by Gasteiger charge is -2.08. The Labute approximate surface area is 94.0 Å². The zero-order valence-electron chi connectivity index (χ0n) is 9.22. The fraction of sp³-hybridized carbons (Fsp3) is 0.417. The average Bonchev–Trinajstić information content (AvgIpc) is 3.04. The van der Waals surface area contributed by atoms with Crippen molar-refractivity contribution < 1.29 is 9.18 Å². The lowest BCUT2D eigenvalue weighted by molar-refractivity contribution is -0.115. The number of rotatable bonds is 4. The topological polar surface area (TPSA) is 41.1 Å². The van der Waals surface area contributed by atoms with Gasteiger partial charge in [-0.25, -0.2) is 4.39 Å². The van der Waals surface area contributed by atoms with Crippen LogP contribution in [0.3, 0.4) is 0 Å². The Bertz CT molecular complexity index is 402. The quantitative estimate of drug-likeness (QED) is 0.816. The number of anilines is 1. The van der Waals surface area contributed by atoms with Crippen LogP contribution < -0.4 is 10.6 Å². The van der Waals surface area contributed by atoms with E-state index in [0.717, 1.165) is 18.4 Å². The summed E-state index contributed by atoms with van der Waals surface area (Å²) in [5, 5.41) is 5.80. The van der Waals surface area contributed by atoms with E-state index in [-0.39, 0.29) is 11.7 Å². The smallest absolute Gasteiger partial charge is 0.238 e. The molecule has 1 amide bonds.